The number of nitrogens with zero attached hydrogens (tertiary/aromatic N) is 3. The first-order valence-electron chi connectivity index (χ1n) is 38.3. The summed E-state index contributed by atoms with van der Waals surface area (Å²) in [6.45, 7) is 23.7. The Morgan fingerprint density at radius 3 is 1.94 bits per heavy atom. The van der Waals surface area contributed by atoms with Gasteiger partial charge in [0.2, 0.25) is 23.6 Å². The van der Waals surface area contributed by atoms with Crippen molar-refractivity contribution in [3.63, 3.8) is 0 Å². The van der Waals surface area contributed by atoms with Crippen molar-refractivity contribution < 1.29 is 81.2 Å². The lowest BCUT2D eigenvalue weighted by atomic mass is 9.70. The molecule has 0 radical (unpaired) electrons. The van der Waals surface area contributed by atoms with Crippen molar-refractivity contribution >= 4 is 70.4 Å². The van der Waals surface area contributed by atoms with E-state index in [0.717, 1.165) is 22.4 Å². The number of hydrogen-bond acceptors (Lipinski definition) is 18. The van der Waals surface area contributed by atoms with Gasteiger partial charge in [0.05, 0.1) is 42.8 Å². The van der Waals surface area contributed by atoms with E-state index in [-0.39, 0.29) is 136 Å². The maximum absolute atomic E-state index is 14.7. The van der Waals surface area contributed by atoms with Gasteiger partial charge < -0.3 is 55.6 Å². The van der Waals surface area contributed by atoms with Crippen molar-refractivity contribution in [3.05, 3.63) is 83.4 Å². The molecular formula is C81H122N8O17. The number of likely N-dealkylation sites (N-methyl/N-ethyl adjacent to an activating group) is 1. The minimum absolute atomic E-state index is 0.0000598. The highest BCUT2D eigenvalue weighted by atomic mass is 16.8. The SMILES string of the molecule is CCC(C)C(C(CC(=O)N1CCCC1[C@H](OC)C(C)C(=O)C[C@@H](Cc1ccccc1)C(=O)NCCc1ccc(CC(=O)C(CCCNC(N)=O)NC(=O)[C@H](CC(=O)C2OC3OC(C)(C)OC3C2NC(=O)CCCCN2C(=O)C=CC2=O)C(C)C)cc1)OC)C(C)C(=O)[C@@H](CC(=O)C(C(C)C)N(C)C)C(C)C. The third-order valence-electron chi connectivity index (χ3n) is 21.9. The van der Waals surface area contributed by atoms with E-state index in [2.05, 4.69) is 35.1 Å². The number of nitrogens with two attached hydrogens (primary N) is 1. The second kappa shape index (κ2) is 41.2. The van der Waals surface area contributed by atoms with Crippen LogP contribution in [0.1, 0.15) is 177 Å². The molecule has 3 fully saturated rings. The van der Waals surface area contributed by atoms with Crippen molar-refractivity contribution in [2.75, 3.05) is 54.5 Å². The summed E-state index contributed by atoms with van der Waals surface area (Å²) in [5, 5.41) is 11.4. The second-order valence-corrected chi connectivity index (χ2v) is 31.4. The van der Waals surface area contributed by atoms with Gasteiger partial charge in [-0.05, 0) is 126 Å². The Kier molecular flexibility index (Phi) is 34.0. The molecule has 2 aromatic carbocycles. The number of primary amides is 1. The van der Waals surface area contributed by atoms with Gasteiger partial charge in [-0.1, -0.05) is 130 Å². The normalized spacial score (nSPS) is 21.6. The molecule has 3 saturated heterocycles. The Morgan fingerprint density at radius 1 is 0.698 bits per heavy atom. The summed E-state index contributed by atoms with van der Waals surface area (Å²) in [5.41, 5.74) is 7.71. The van der Waals surface area contributed by atoms with Gasteiger partial charge in [0.25, 0.3) is 11.8 Å². The Hall–Kier alpha value is -7.42. The number of carbonyl (C=O) groups excluding carboxylic acids is 12. The summed E-state index contributed by atoms with van der Waals surface area (Å²) in [4.78, 5) is 169. The van der Waals surface area contributed by atoms with E-state index in [1.54, 1.807) is 65.9 Å². The molecule has 25 heteroatoms. The third kappa shape index (κ3) is 24.5. The molecule has 4 heterocycles. The number of hydrogen-bond donors (Lipinski definition) is 5. The summed E-state index contributed by atoms with van der Waals surface area (Å²) >= 11 is 0. The molecule has 0 aliphatic carbocycles. The molecule has 588 valence electrons. The van der Waals surface area contributed by atoms with Crippen molar-refractivity contribution in [1.82, 2.24) is 36.0 Å². The minimum Gasteiger partial charge on any atom is -0.381 e. The van der Waals surface area contributed by atoms with Crippen LogP contribution in [-0.2, 0) is 95.7 Å². The van der Waals surface area contributed by atoms with Crippen molar-refractivity contribution in [2.45, 2.75) is 240 Å². The molecule has 8 amide bonds. The standard InChI is InChI=1S/C81H122N8O17/c1-17-50(8)70(52(10)73(98)57(47(2)3)44-63(92)72(49(6)7)87(13)14)65(102-15)46-69(97)88-40-24-28-60(88)74(103-16)51(9)61(90)43-56(41-54-25-19-18-20-26-54)77(99)83-38-36-53-30-32-55(33-31-53)42-62(91)59(27-23-37-84-80(82)101)85-78(100)58(48(4)5)45-64(93)75-71(76-79(104-75)106-81(11,12)105-76)86-66(94)29-21-22-39-89-67(95)34-35-68(89)96/h18-20,25-26,30-35,47-52,56-60,65,70-72,74-76,79H,17,21-24,27-29,36-46H2,1-16H3,(H,83,99)(H,85,100)(H,86,94)(H3,82,84,101)/t50?,51?,52?,56-,57+,58-,59?,60?,65?,70?,71?,72?,74-,75?,76?,79?/m1/s1. The lowest BCUT2D eigenvalue weighted by molar-refractivity contribution is -0.208. The van der Waals surface area contributed by atoms with Gasteiger partial charge >= 0.3 is 6.03 Å². The predicted molar refractivity (Wildman–Crippen MR) is 400 cm³/mol. The zero-order valence-corrected chi connectivity index (χ0v) is 65.6. The highest BCUT2D eigenvalue weighted by Crippen LogP contribution is 2.40. The van der Waals surface area contributed by atoms with Gasteiger partial charge in [-0.3, -0.25) is 62.5 Å². The number of amides is 8. The van der Waals surface area contributed by atoms with E-state index >= 15 is 0 Å². The second-order valence-electron chi connectivity index (χ2n) is 31.4. The number of methoxy groups -OCH3 is 2. The van der Waals surface area contributed by atoms with E-state index in [0.29, 0.717) is 50.6 Å². The number of fused-ring (bicyclic) bond motifs is 1. The highest BCUT2D eigenvalue weighted by Gasteiger charge is 2.57. The van der Waals surface area contributed by atoms with Crippen LogP contribution < -0.4 is 27.0 Å². The molecule has 6 rings (SSSR count). The summed E-state index contributed by atoms with van der Waals surface area (Å²) in [7, 11) is 6.90. The topological polar surface area (TPSA) is 335 Å². The maximum Gasteiger partial charge on any atom is 0.312 e. The van der Waals surface area contributed by atoms with Crippen molar-refractivity contribution in [3.8, 4) is 0 Å². The van der Waals surface area contributed by atoms with E-state index in [4.69, 9.17) is 29.4 Å². The number of likely N-dealkylation sites (tertiary alicyclic amines) is 1. The zero-order chi connectivity index (χ0) is 78.4. The van der Waals surface area contributed by atoms with Gasteiger partial charge in [0.15, 0.2) is 29.4 Å². The summed E-state index contributed by atoms with van der Waals surface area (Å²) in [5.74, 6) is -8.48. The Labute approximate surface area is 627 Å². The number of nitrogens with one attached hydrogen (secondary N) is 4. The van der Waals surface area contributed by atoms with Gasteiger partial charge in [-0.2, -0.15) is 0 Å². The lowest BCUT2D eigenvalue weighted by Crippen LogP contribution is -2.51. The number of Topliss-reactive ketones (excluding diaryl/α,β-unsaturated/α-hetero) is 5. The number of benzene rings is 2. The highest BCUT2D eigenvalue weighted by molar-refractivity contribution is 6.12. The predicted octanol–water partition coefficient (Wildman–Crippen LogP) is 7.63. The molecule has 12 unspecified atom stereocenters. The van der Waals surface area contributed by atoms with Crippen LogP contribution in [0.4, 0.5) is 4.79 Å². The van der Waals surface area contributed by atoms with Crippen LogP contribution >= 0.6 is 0 Å². The van der Waals surface area contributed by atoms with Gasteiger partial charge in [-0.25, -0.2) is 4.79 Å². The summed E-state index contributed by atoms with van der Waals surface area (Å²) < 4.78 is 30.5. The smallest absolute Gasteiger partial charge is 0.312 e. The zero-order valence-electron chi connectivity index (χ0n) is 65.6. The third-order valence-corrected chi connectivity index (χ3v) is 21.9. The summed E-state index contributed by atoms with van der Waals surface area (Å²) in [6.07, 6.45) is 1.49. The van der Waals surface area contributed by atoms with Crippen LogP contribution in [0.15, 0.2) is 66.7 Å². The molecule has 0 aromatic heterocycles. The van der Waals surface area contributed by atoms with Crippen LogP contribution in [0.5, 0.6) is 0 Å². The minimum atomic E-state index is -1.26. The molecule has 4 aliphatic heterocycles. The molecular weight excluding hydrogens is 1360 g/mol. The van der Waals surface area contributed by atoms with Gasteiger partial charge in [-0.15, -0.1) is 0 Å². The molecule has 0 spiro atoms. The fraction of sp³-hybridized carbons (Fsp3) is 0.679. The number of ketones is 5. The quantitative estimate of drug-likeness (QED) is 0.0314. The average molecular weight is 1480 g/mol. The monoisotopic (exact) mass is 1480 g/mol. The number of unbranched alkanes of at least 4 members (excludes halogenated alkanes) is 1. The van der Waals surface area contributed by atoms with Crippen LogP contribution in [0.3, 0.4) is 0 Å². The molecule has 6 N–H and O–H groups in total. The maximum atomic E-state index is 14.7. The fourth-order valence-electron chi connectivity index (χ4n) is 15.9. The largest absolute Gasteiger partial charge is 0.381 e. The van der Waals surface area contributed by atoms with Crippen LogP contribution in [0.2, 0.25) is 0 Å². The molecule has 25 nitrogen and oxygen atoms in total. The molecule has 0 bridgehead atoms. The number of urea groups is 1. The van der Waals surface area contributed by atoms with Gasteiger partial charge in [0.1, 0.15) is 23.8 Å². The Morgan fingerprint density at radius 2 is 1.35 bits per heavy atom. The molecule has 2 aromatic rings. The summed E-state index contributed by atoms with van der Waals surface area (Å²) in [6, 6.07) is 13.3. The lowest BCUT2D eigenvalue weighted by Gasteiger charge is -2.38. The van der Waals surface area contributed by atoms with E-state index < -0.39 is 126 Å². The molecule has 16 atom stereocenters. The van der Waals surface area contributed by atoms with Gasteiger partial charge in [0, 0.05) is 114 Å². The number of carbonyl (C=O) groups is 12. The number of imide groups is 1. The Balaban J connectivity index is 1.07. The first-order valence-corrected chi connectivity index (χ1v) is 38.3. The first kappa shape index (κ1) is 87.5. The average Bonchev–Trinajstić information content (AvgIpc) is 1.60. The van der Waals surface area contributed by atoms with E-state index in [1.807, 2.05) is 96.1 Å². The molecule has 106 heavy (non-hydrogen) atoms. The van der Waals surface area contributed by atoms with Crippen molar-refractivity contribution in [2.24, 2.45) is 64.9 Å². The van der Waals surface area contributed by atoms with Crippen molar-refractivity contribution in [1.29, 1.82) is 0 Å². The fourth-order valence-corrected chi connectivity index (χ4v) is 15.9. The number of rotatable bonds is 46. The Bertz CT molecular complexity index is 3330. The molecule has 0 saturated carbocycles. The van der Waals surface area contributed by atoms with Crippen LogP contribution in [0.25, 0.3) is 0 Å². The first-order chi connectivity index (χ1) is 50.1. The van der Waals surface area contributed by atoms with E-state index in [9.17, 15) is 57.5 Å². The van der Waals surface area contributed by atoms with Crippen LogP contribution in [-0.4, -0.2) is 200 Å². The molecule has 4 aliphatic rings. The van der Waals surface area contributed by atoms with E-state index in [1.165, 1.54) is 12.2 Å². The van der Waals surface area contributed by atoms with Crippen LogP contribution in [0, 0.1) is 59.2 Å². The number of ether oxygens (including phenoxy) is 5.